The number of unbranched alkanes of at least 4 members (excludes halogenated alkanes) is 1. The van der Waals surface area contributed by atoms with Gasteiger partial charge in [0.15, 0.2) is 5.96 Å². The molecular formula is C22H37N3O3. The van der Waals surface area contributed by atoms with E-state index in [4.69, 9.17) is 14.2 Å². The summed E-state index contributed by atoms with van der Waals surface area (Å²) in [6.07, 6.45) is 6.60. The van der Waals surface area contributed by atoms with E-state index in [0.29, 0.717) is 5.92 Å². The molecule has 158 valence electrons. The Labute approximate surface area is 170 Å². The number of nitrogens with zero attached hydrogens (tertiary/aromatic N) is 1. The minimum atomic E-state index is 0.675. The quantitative estimate of drug-likeness (QED) is 0.326. The average Bonchev–Trinajstić information content (AvgIpc) is 2.75. The van der Waals surface area contributed by atoms with E-state index >= 15 is 0 Å². The van der Waals surface area contributed by atoms with Gasteiger partial charge in [-0.1, -0.05) is 12.1 Å². The maximum absolute atomic E-state index is 5.79. The number of rotatable bonds is 12. The molecule has 0 bridgehead atoms. The van der Waals surface area contributed by atoms with Crippen LogP contribution < -0.4 is 15.4 Å². The van der Waals surface area contributed by atoms with Gasteiger partial charge in [-0.2, -0.15) is 0 Å². The number of ether oxygens (including phenoxy) is 3. The van der Waals surface area contributed by atoms with Crippen molar-refractivity contribution in [3.05, 3.63) is 29.8 Å². The molecule has 0 aliphatic carbocycles. The molecular weight excluding hydrogens is 354 g/mol. The van der Waals surface area contributed by atoms with Crippen LogP contribution in [0.15, 0.2) is 29.3 Å². The minimum absolute atomic E-state index is 0.675. The molecule has 0 saturated carbocycles. The van der Waals surface area contributed by atoms with Crippen LogP contribution in [-0.2, 0) is 15.9 Å². The van der Waals surface area contributed by atoms with Crippen molar-refractivity contribution in [3.8, 4) is 5.75 Å². The zero-order valence-electron chi connectivity index (χ0n) is 17.5. The highest BCUT2D eigenvalue weighted by Gasteiger charge is 2.13. The first-order chi connectivity index (χ1) is 13.8. The number of aliphatic imine (C=N–C) groups is 1. The van der Waals surface area contributed by atoms with Crippen LogP contribution in [0.4, 0.5) is 0 Å². The summed E-state index contributed by atoms with van der Waals surface area (Å²) in [7, 11) is 3.51. The standard InChI is InChI=1S/C22H37N3O3/c1-23-22(25-14-5-15-28-18-20-11-16-27-17-12-20)24-13-4-3-6-19-7-9-21(26-2)10-8-19/h7-10,20H,3-6,11-18H2,1-2H3,(H2,23,24,25). The molecule has 1 aromatic carbocycles. The first-order valence-corrected chi connectivity index (χ1v) is 10.5. The van der Waals surface area contributed by atoms with E-state index in [1.54, 1.807) is 7.11 Å². The Balaban J connectivity index is 1.44. The molecule has 0 aromatic heterocycles. The van der Waals surface area contributed by atoms with Crippen LogP contribution in [-0.4, -0.2) is 59.6 Å². The van der Waals surface area contributed by atoms with Gasteiger partial charge < -0.3 is 24.8 Å². The fraction of sp³-hybridized carbons (Fsp3) is 0.682. The van der Waals surface area contributed by atoms with E-state index in [1.807, 2.05) is 19.2 Å². The lowest BCUT2D eigenvalue weighted by atomic mass is 10.0. The first-order valence-electron chi connectivity index (χ1n) is 10.5. The third kappa shape index (κ3) is 9.42. The Hall–Kier alpha value is -1.79. The van der Waals surface area contributed by atoms with Crippen LogP contribution in [0.5, 0.6) is 5.75 Å². The second-order valence-electron chi connectivity index (χ2n) is 7.22. The van der Waals surface area contributed by atoms with Gasteiger partial charge in [0.2, 0.25) is 0 Å². The van der Waals surface area contributed by atoms with Gasteiger partial charge in [-0.3, -0.25) is 4.99 Å². The summed E-state index contributed by atoms with van der Waals surface area (Å²) in [5.41, 5.74) is 1.35. The Morgan fingerprint density at radius 2 is 1.79 bits per heavy atom. The molecule has 0 unspecified atom stereocenters. The normalized spacial score (nSPS) is 15.4. The van der Waals surface area contributed by atoms with Crippen molar-refractivity contribution in [3.63, 3.8) is 0 Å². The maximum atomic E-state index is 5.79. The third-order valence-corrected chi connectivity index (χ3v) is 5.02. The topological polar surface area (TPSA) is 64.1 Å². The number of hydrogen-bond donors (Lipinski definition) is 2. The number of nitrogens with one attached hydrogen (secondary N) is 2. The van der Waals surface area contributed by atoms with E-state index in [1.165, 1.54) is 5.56 Å². The largest absolute Gasteiger partial charge is 0.497 e. The number of hydrogen-bond acceptors (Lipinski definition) is 4. The molecule has 0 atom stereocenters. The highest BCUT2D eigenvalue weighted by molar-refractivity contribution is 5.79. The van der Waals surface area contributed by atoms with Crippen molar-refractivity contribution in [2.45, 2.75) is 38.5 Å². The molecule has 0 radical (unpaired) electrons. The molecule has 6 heteroatoms. The van der Waals surface area contributed by atoms with Crippen LogP contribution in [0.3, 0.4) is 0 Å². The summed E-state index contributed by atoms with van der Waals surface area (Å²) < 4.78 is 16.4. The molecule has 6 nitrogen and oxygen atoms in total. The van der Waals surface area contributed by atoms with Crippen molar-refractivity contribution >= 4 is 5.96 Å². The maximum Gasteiger partial charge on any atom is 0.190 e. The molecule has 2 rings (SSSR count). The molecule has 28 heavy (non-hydrogen) atoms. The molecule has 1 saturated heterocycles. The Morgan fingerprint density at radius 3 is 2.46 bits per heavy atom. The van der Waals surface area contributed by atoms with Crippen molar-refractivity contribution in [2.24, 2.45) is 10.9 Å². The van der Waals surface area contributed by atoms with E-state index in [2.05, 4.69) is 27.8 Å². The smallest absolute Gasteiger partial charge is 0.190 e. The van der Waals surface area contributed by atoms with E-state index in [-0.39, 0.29) is 0 Å². The second-order valence-corrected chi connectivity index (χ2v) is 7.22. The van der Waals surface area contributed by atoms with Crippen molar-refractivity contribution in [1.29, 1.82) is 0 Å². The SMILES string of the molecule is CN=C(NCCCCc1ccc(OC)cc1)NCCCOCC1CCOCC1. The lowest BCUT2D eigenvalue weighted by molar-refractivity contribution is 0.0203. The average molecular weight is 392 g/mol. The summed E-state index contributed by atoms with van der Waals surface area (Å²) in [5, 5.41) is 6.73. The van der Waals surface area contributed by atoms with Gasteiger partial charge in [0.25, 0.3) is 0 Å². The van der Waals surface area contributed by atoms with Gasteiger partial charge in [-0.25, -0.2) is 0 Å². The van der Waals surface area contributed by atoms with Crippen LogP contribution in [0.1, 0.15) is 37.7 Å². The Kier molecular flexibility index (Phi) is 11.4. The predicted octanol–water partition coefficient (Wildman–Crippen LogP) is 3.02. The summed E-state index contributed by atoms with van der Waals surface area (Å²) in [6, 6.07) is 8.31. The monoisotopic (exact) mass is 391 g/mol. The van der Waals surface area contributed by atoms with Crippen molar-refractivity contribution < 1.29 is 14.2 Å². The Morgan fingerprint density at radius 1 is 1.07 bits per heavy atom. The van der Waals surface area contributed by atoms with Crippen molar-refractivity contribution in [2.75, 3.05) is 53.7 Å². The number of methoxy groups -OCH3 is 1. The third-order valence-electron chi connectivity index (χ3n) is 5.02. The molecule has 0 amide bonds. The zero-order valence-corrected chi connectivity index (χ0v) is 17.5. The number of guanidine groups is 1. The lowest BCUT2D eigenvalue weighted by Crippen LogP contribution is -2.38. The highest BCUT2D eigenvalue weighted by atomic mass is 16.5. The summed E-state index contributed by atoms with van der Waals surface area (Å²) in [4.78, 5) is 4.28. The van der Waals surface area contributed by atoms with Gasteiger partial charge in [-0.05, 0) is 62.1 Å². The second kappa shape index (κ2) is 14.2. The predicted molar refractivity (Wildman–Crippen MR) is 114 cm³/mol. The van der Waals surface area contributed by atoms with Crippen LogP contribution in [0.25, 0.3) is 0 Å². The molecule has 0 spiro atoms. The van der Waals surface area contributed by atoms with Crippen LogP contribution in [0, 0.1) is 5.92 Å². The van der Waals surface area contributed by atoms with Gasteiger partial charge >= 0.3 is 0 Å². The lowest BCUT2D eigenvalue weighted by Gasteiger charge is -2.21. The fourth-order valence-electron chi connectivity index (χ4n) is 3.22. The summed E-state index contributed by atoms with van der Waals surface area (Å²) in [5.74, 6) is 2.46. The van der Waals surface area contributed by atoms with E-state index in [9.17, 15) is 0 Å². The van der Waals surface area contributed by atoms with Gasteiger partial charge in [0, 0.05) is 46.6 Å². The first kappa shape index (κ1) is 22.5. The highest BCUT2D eigenvalue weighted by Crippen LogP contribution is 2.14. The minimum Gasteiger partial charge on any atom is -0.497 e. The Bertz CT molecular complexity index is 542. The fourth-order valence-corrected chi connectivity index (χ4v) is 3.22. The summed E-state index contributed by atoms with van der Waals surface area (Å²) >= 11 is 0. The van der Waals surface area contributed by atoms with E-state index < -0.39 is 0 Å². The number of aryl methyl sites for hydroxylation is 1. The molecule has 1 heterocycles. The number of benzene rings is 1. The van der Waals surface area contributed by atoms with Gasteiger partial charge in [-0.15, -0.1) is 0 Å². The molecule has 1 fully saturated rings. The summed E-state index contributed by atoms with van der Waals surface area (Å²) in [6.45, 7) is 5.23. The van der Waals surface area contributed by atoms with E-state index in [0.717, 1.165) is 89.8 Å². The van der Waals surface area contributed by atoms with Crippen LogP contribution >= 0.6 is 0 Å². The van der Waals surface area contributed by atoms with Gasteiger partial charge in [0.1, 0.15) is 5.75 Å². The van der Waals surface area contributed by atoms with Crippen molar-refractivity contribution in [1.82, 2.24) is 10.6 Å². The molecule has 1 aliphatic heterocycles. The van der Waals surface area contributed by atoms with Gasteiger partial charge in [0.05, 0.1) is 7.11 Å². The van der Waals surface area contributed by atoms with Crippen LogP contribution in [0.2, 0.25) is 0 Å². The molecule has 1 aliphatic rings. The molecule has 2 N–H and O–H groups in total. The zero-order chi connectivity index (χ0) is 19.9. The molecule has 1 aromatic rings.